The Labute approximate surface area is 72.3 Å². The SMILES string of the molecule is COC(=O)CC1(N)CC[C@H]2C[C@H]21. The summed E-state index contributed by atoms with van der Waals surface area (Å²) in [4.78, 5) is 11.0. The number of nitrogens with two attached hydrogens (primary N) is 1. The van der Waals surface area contributed by atoms with Crippen molar-refractivity contribution in [1.29, 1.82) is 0 Å². The number of methoxy groups -OCH3 is 1. The fraction of sp³-hybridized carbons (Fsp3) is 0.889. The molecule has 0 aromatic carbocycles. The molecule has 2 rings (SSSR count). The number of carbonyl (C=O) groups excluding carboxylic acids is 1. The number of fused-ring (bicyclic) bond motifs is 1. The molecule has 0 amide bonds. The molecule has 3 atom stereocenters. The Kier molecular flexibility index (Phi) is 1.65. The summed E-state index contributed by atoms with van der Waals surface area (Å²) in [6, 6.07) is 0. The van der Waals surface area contributed by atoms with Gasteiger partial charge in [0.2, 0.25) is 0 Å². The van der Waals surface area contributed by atoms with Crippen molar-refractivity contribution in [1.82, 2.24) is 0 Å². The molecule has 0 aromatic rings. The number of carbonyl (C=O) groups is 1. The normalized spacial score (nSPS) is 43.8. The molecule has 2 aliphatic rings. The first-order chi connectivity index (χ1) is 5.65. The fourth-order valence-corrected chi connectivity index (χ4v) is 2.47. The minimum Gasteiger partial charge on any atom is -0.469 e. The summed E-state index contributed by atoms with van der Waals surface area (Å²) in [7, 11) is 1.42. The Balaban J connectivity index is 1.97. The first-order valence-electron chi connectivity index (χ1n) is 4.51. The van der Waals surface area contributed by atoms with Crippen LogP contribution in [0.4, 0.5) is 0 Å². The first kappa shape index (κ1) is 8.05. The Morgan fingerprint density at radius 1 is 1.75 bits per heavy atom. The molecule has 0 heterocycles. The van der Waals surface area contributed by atoms with Crippen molar-refractivity contribution < 1.29 is 9.53 Å². The zero-order valence-corrected chi connectivity index (χ0v) is 7.38. The molecule has 0 spiro atoms. The van der Waals surface area contributed by atoms with E-state index in [0.717, 1.165) is 12.3 Å². The van der Waals surface area contributed by atoms with Crippen molar-refractivity contribution in [3.63, 3.8) is 0 Å². The maximum absolute atomic E-state index is 11.0. The van der Waals surface area contributed by atoms with Gasteiger partial charge in [0.05, 0.1) is 13.5 Å². The van der Waals surface area contributed by atoms with Crippen molar-refractivity contribution >= 4 is 5.97 Å². The number of rotatable bonds is 2. The van der Waals surface area contributed by atoms with E-state index >= 15 is 0 Å². The van der Waals surface area contributed by atoms with Crippen LogP contribution in [0.3, 0.4) is 0 Å². The van der Waals surface area contributed by atoms with Crippen LogP contribution in [-0.4, -0.2) is 18.6 Å². The van der Waals surface area contributed by atoms with Gasteiger partial charge in [0.15, 0.2) is 0 Å². The van der Waals surface area contributed by atoms with Crippen LogP contribution in [0.25, 0.3) is 0 Å². The molecule has 0 bridgehead atoms. The maximum Gasteiger partial charge on any atom is 0.307 e. The lowest BCUT2D eigenvalue weighted by molar-refractivity contribution is -0.142. The zero-order valence-electron chi connectivity index (χ0n) is 7.38. The van der Waals surface area contributed by atoms with E-state index in [1.165, 1.54) is 20.0 Å². The largest absolute Gasteiger partial charge is 0.469 e. The molecule has 2 fully saturated rings. The lowest BCUT2D eigenvalue weighted by atomic mass is 9.90. The van der Waals surface area contributed by atoms with Gasteiger partial charge in [0.1, 0.15) is 0 Å². The molecule has 3 heteroatoms. The van der Waals surface area contributed by atoms with Gasteiger partial charge in [-0.25, -0.2) is 0 Å². The van der Waals surface area contributed by atoms with Gasteiger partial charge in [-0.05, 0) is 31.1 Å². The van der Waals surface area contributed by atoms with Crippen molar-refractivity contribution in [2.24, 2.45) is 17.6 Å². The van der Waals surface area contributed by atoms with Crippen LogP contribution >= 0.6 is 0 Å². The Morgan fingerprint density at radius 3 is 2.92 bits per heavy atom. The minimum absolute atomic E-state index is 0.162. The molecule has 1 unspecified atom stereocenters. The summed E-state index contributed by atoms with van der Waals surface area (Å²) in [5.41, 5.74) is 5.90. The number of esters is 1. The second-order valence-electron chi connectivity index (χ2n) is 4.13. The Morgan fingerprint density at radius 2 is 2.50 bits per heavy atom. The number of hydrogen-bond donors (Lipinski definition) is 1. The van der Waals surface area contributed by atoms with Gasteiger partial charge in [-0.15, -0.1) is 0 Å². The van der Waals surface area contributed by atoms with Gasteiger partial charge < -0.3 is 10.5 Å². The highest BCUT2D eigenvalue weighted by Gasteiger charge is 2.56. The lowest BCUT2D eigenvalue weighted by Gasteiger charge is -2.24. The van der Waals surface area contributed by atoms with Crippen LogP contribution in [0.5, 0.6) is 0 Å². The van der Waals surface area contributed by atoms with Crippen LogP contribution in [0, 0.1) is 11.8 Å². The molecule has 0 aliphatic heterocycles. The van der Waals surface area contributed by atoms with Gasteiger partial charge in [-0.2, -0.15) is 0 Å². The highest BCUT2D eigenvalue weighted by atomic mass is 16.5. The van der Waals surface area contributed by atoms with Crippen LogP contribution in [0.1, 0.15) is 25.7 Å². The third-order valence-electron chi connectivity index (χ3n) is 3.34. The number of hydrogen-bond acceptors (Lipinski definition) is 3. The van der Waals surface area contributed by atoms with Crippen LogP contribution in [-0.2, 0) is 9.53 Å². The fourth-order valence-electron chi connectivity index (χ4n) is 2.47. The van der Waals surface area contributed by atoms with Gasteiger partial charge >= 0.3 is 5.97 Å². The smallest absolute Gasteiger partial charge is 0.307 e. The standard InChI is InChI=1S/C9H15NO2/c1-12-8(11)5-9(10)3-2-6-4-7(6)9/h6-7H,2-5,10H2,1H3/t6-,7+,9?/m0/s1. The van der Waals surface area contributed by atoms with Gasteiger partial charge in [-0.1, -0.05) is 0 Å². The second kappa shape index (κ2) is 2.46. The van der Waals surface area contributed by atoms with E-state index in [2.05, 4.69) is 4.74 Å². The minimum atomic E-state index is -0.224. The zero-order chi connectivity index (χ0) is 8.77. The predicted molar refractivity (Wildman–Crippen MR) is 44.4 cm³/mol. The average molecular weight is 169 g/mol. The maximum atomic E-state index is 11.0. The van der Waals surface area contributed by atoms with E-state index in [1.807, 2.05) is 0 Å². The summed E-state index contributed by atoms with van der Waals surface area (Å²) in [6.45, 7) is 0. The lowest BCUT2D eigenvalue weighted by Crippen LogP contribution is -2.42. The van der Waals surface area contributed by atoms with Crippen molar-refractivity contribution in [2.45, 2.75) is 31.2 Å². The van der Waals surface area contributed by atoms with E-state index < -0.39 is 0 Å². The summed E-state index contributed by atoms with van der Waals surface area (Å²) < 4.78 is 4.63. The third-order valence-corrected chi connectivity index (χ3v) is 3.34. The Bertz CT molecular complexity index is 217. The summed E-state index contributed by atoms with van der Waals surface area (Å²) in [5.74, 6) is 1.27. The van der Waals surface area contributed by atoms with E-state index in [-0.39, 0.29) is 11.5 Å². The van der Waals surface area contributed by atoms with Gasteiger partial charge in [-0.3, -0.25) is 4.79 Å². The molecular formula is C9H15NO2. The monoisotopic (exact) mass is 169 g/mol. The molecule has 0 aromatic heterocycles. The van der Waals surface area contributed by atoms with E-state index in [0.29, 0.717) is 12.3 Å². The first-order valence-corrected chi connectivity index (χ1v) is 4.51. The molecule has 2 saturated carbocycles. The highest BCUT2D eigenvalue weighted by molar-refractivity contribution is 5.71. The van der Waals surface area contributed by atoms with Crippen molar-refractivity contribution in [3.8, 4) is 0 Å². The molecule has 2 N–H and O–H groups in total. The van der Waals surface area contributed by atoms with Crippen LogP contribution in [0.2, 0.25) is 0 Å². The van der Waals surface area contributed by atoms with Crippen molar-refractivity contribution in [2.75, 3.05) is 7.11 Å². The molecule has 12 heavy (non-hydrogen) atoms. The molecule has 0 radical (unpaired) electrons. The summed E-state index contributed by atoms with van der Waals surface area (Å²) in [6.07, 6.45) is 3.84. The molecule has 2 aliphatic carbocycles. The molecular weight excluding hydrogens is 154 g/mol. The van der Waals surface area contributed by atoms with Gasteiger partial charge in [0, 0.05) is 5.54 Å². The predicted octanol–water partition coefficient (Wildman–Crippen LogP) is 0.677. The second-order valence-corrected chi connectivity index (χ2v) is 4.13. The van der Waals surface area contributed by atoms with Crippen LogP contribution < -0.4 is 5.73 Å². The molecule has 3 nitrogen and oxygen atoms in total. The summed E-state index contributed by atoms with van der Waals surface area (Å²) in [5, 5.41) is 0. The van der Waals surface area contributed by atoms with E-state index in [1.54, 1.807) is 0 Å². The summed E-state index contributed by atoms with van der Waals surface area (Å²) >= 11 is 0. The highest BCUT2D eigenvalue weighted by Crippen LogP contribution is 2.57. The van der Waals surface area contributed by atoms with E-state index in [4.69, 9.17) is 5.73 Å². The average Bonchev–Trinajstić information content (AvgIpc) is 2.75. The van der Waals surface area contributed by atoms with Crippen LogP contribution in [0.15, 0.2) is 0 Å². The Hall–Kier alpha value is -0.570. The quantitative estimate of drug-likeness (QED) is 0.618. The molecule has 68 valence electrons. The topological polar surface area (TPSA) is 52.3 Å². The van der Waals surface area contributed by atoms with Gasteiger partial charge in [0.25, 0.3) is 0 Å². The third kappa shape index (κ3) is 1.12. The molecule has 0 saturated heterocycles. The number of ether oxygens (including phenoxy) is 1. The van der Waals surface area contributed by atoms with Crippen molar-refractivity contribution in [3.05, 3.63) is 0 Å². The van der Waals surface area contributed by atoms with E-state index in [9.17, 15) is 4.79 Å².